The molecule has 7 heteroatoms. The zero-order valence-corrected chi connectivity index (χ0v) is 10.6. The van der Waals surface area contributed by atoms with Crippen molar-refractivity contribution in [3.05, 3.63) is 30.1 Å². The van der Waals surface area contributed by atoms with Gasteiger partial charge in [0.1, 0.15) is 0 Å². The summed E-state index contributed by atoms with van der Waals surface area (Å²) in [6.07, 6.45) is 0.287. The highest BCUT2D eigenvalue weighted by atomic mass is 35.5. The summed E-state index contributed by atoms with van der Waals surface area (Å²) in [6, 6.07) is 7.29. The number of nitrogens with zero attached hydrogens (tertiary/aromatic N) is 4. The van der Waals surface area contributed by atoms with Gasteiger partial charge in [-0.2, -0.15) is 4.68 Å². The molecule has 94 valence electrons. The number of aryl methyl sites for hydroxylation is 1. The smallest absolute Gasteiger partial charge is 0.225 e. The molecule has 2 rings (SSSR count). The minimum absolute atomic E-state index is 0.115. The SMILES string of the molecule is Cc1nnnn1-c1cccc(NC(=O)CCCl)c1. The van der Waals surface area contributed by atoms with Crippen molar-refractivity contribution in [2.24, 2.45) is 0 Å². The van der Waals surface area contributed by atoms with Crippen molar-refractivity contribution >= 4 is 23.2 Å². The van der Waals surface area contributed by atoms with Crippen molar-refractivity contribution in [1.29, 1.82) is 0 Å². The van der Waals surface area contributed by atoms with E-state index in [1.54, 1.807) is 23.7 Å². The monoisotopic (exact) mass is 265 g/mol. The van der Waals surface area contributed by atoms with Crippen molar-refractivity contribution in [2.75, 3.05) is 11.2 Å². The third-order valence-electron chi connectivity index (χ3n) is 2.32. The molecule has 0 radical (unpaired) electrons. The minimum Gasteiger partial charge on any atom is -0.326 e. The van der Waals surface area contributed by atoms with Gasteiger partial charge in [0, 0.05) is 18.0 Å². The van der Waals surface area contributed by atoms with Crippen LogP contribution in [0, 0.1) is 6.92 Å². The molecule has 0 aliphatic rings. The normalized spacial score (nSPS) is 10.3. The highest BCUT2D eigenvalue weighted by Gasteiger charge is 2.06. The first kappa shape index (κ1) is 12.5. The number of rotatable bonds is 4. The minimum atomic E-state index is -0.115. The lowest BCUT2D eigenvalue weighted by molar-refractivity contribution is -0.115. The molecule has 0 bridgehead atoms. The van der Waals surface area contributed by atoms with E-state index in [4.69, 9.17) is 11.6 Å². The third-order valence-corrected chi connectivity index (χ3v) is 2.51. The third kappa shape index (κ3) is 2.84. The number of hydrogen-bond acceptors (Lipinski definition) is 4. The summed E-state index contributed by atoms with van der Waals surface area (Å²) in [5.74, 6) is 0.868. The quantitative estimate of drug-likeness (QED) is 0.851. The molecule has 0 aliphatic carbocycles. The lowest BCUT2D eigenvalue weighted by atomic mass is 10.2. The summed E-state index contributed by atoms with van der Waals surface area (Å²) >= 11 is 5.50. The molecule has 2 aromatic rings. The van der Waals surface area contributed by atoms with Gasteiger partial charge in [0.2, 0.25) is 5.91 Å². The van der Waals surface area contributed by atoms with Crippen LogP contribution in [0.15, 0.2) is 24.3 Å². The van der Waals surface area contributed by atoms with Crippen molar-refractivity contribution in [2.45, 2.75) is 13.3 Å². The van der Waals surface area contributed by atoms with Crippen LogP contribution in [0.5, 0.6) is 0 Å². The van der Waals surface area contributed by atoms with Gasteiger partial charge >= 0.3 is 0 Å². The first-order valence-electron chi connectivity index (χ1n) is 5.42. The van der Waals surface area contributed by atoms with Crippen molar-refractivity contribution in [3.8, 4) is 5.69 Å². The molecule has 0 aliphatic heterocycles. The van der Waals surface area contributed by atoms with Gasteiger partial charge in [-0.05, 0) is 35.5 Å². The van der Waals surface area contributed by atoms with Crippen LogP contribution in [0.1, 0.15) is 12.2 Å². The molecule has 0 saturated heterocycles. The van der Waals surface area contributed by atoms with Crippen molar-refractivity contribution < 1.29 is 4.79 Å². The van der Waals surface area contributed by atoms with Crippen LogP contribution >= 0.6 is 11.6 Å². The molecule has 18 heavy (non-hydrogen) atoms. The summed E-state index contributed by atoms with van der Waals surface area (Å²) in [4.78, 5) is 11.4. The van der Waals surface area contributed by atoms with E-state index in [1.165, 1.54) is 0 Å². The van der Waals surface area contributed by atoms with Crippen LogP contribution in [-0.4, -0.2) is 32.0 Å². The summed E-state index contributed by atoms with van der Waals surface area (Å²) in [7, 11) is 0. The fourth-order valence-electron chi connectivity index (χ4n) is 1.49. The highest BCUT2D eigenvalue weighted by Crippen LogP contribution is 2.14. The lowest BCUT2D eigenvalue weighted by Crippen LogP contribution is -2.12. The van der Waals surface area contributed by atoms with Crippen LogP contribution < -0.4 is 5.32 Å². The Bertz CT molecular complexity index is 554. The number of alkyl halides is 1. The first-order chi connectivity index (χ1) is 8.70. The molecule has 0 saturated carbocycles. The fraction of sp³-hybridized carbons (Fsp3) is 0.273. The van der Waals surface area contributed by atoms with E-state index in [2.05, 4.69) is 20.8 Å². The molecule has 1 amide bonds. The van der Waals surface area contributed by atoms with E-state index < -0.39 is 0 Å². The molecule has 1 heterocycles. The summed E-state index contributed by atoms with van der Waals surface area (Å²) in [5.41, 5.74) is 1.48. The molecule has 6 nitrogen and oxygen atoms in total. The Morgan fingerprint density at radius 2 is 2.33 bits per heavy atom. The lowest BCUT2D eigenvalue weighted by Gasteiger charge is -2.06. The predicted octanol–water partition coefficient (Wildman–Crippen LogP) is 1.54. The molecule has 1 aromatic carbocycles. The van der Waals surface area contributed by atoms with Crippen LogP contribution in [-0.2, 0) is 4.79 Å². The summed E-state index contributed by atoms with van der Waals surface area (Å²) in [5, 5.41) is 14.0. The van der Waals surface area contributed by atoms with Gasteiger partial charge in [-0.15, -0.1) is 16.7 Å². The molecular weight excluding hydrogens is 254 g/mol. The van der Waals surface area contributed by atoms with Gasteiger partial charge in [0.15, 0.2) is 5.82 Å². The Labute approximate surface area is 109 Å². The Kier molecular flexibility index (Phi) is 3.88. The number of aromatic nitrogens is 4. The van der Waals surface area contributed by atoms with Crippen LogP contribution in [0.2, 0.25) is 0 Å². The van der Waals surface area contributed by atoms with E-state index in [-0.39, 0.29) is 12.3 Å². The number of nitrogens with one attached hydrogen (secondary N) is 1. The van der Waals surface area contributed by atoms with Crippen molar-refractivity contribution in [1.82, 2.24) is 20.2 Å². The number of amides is 1. The molecular formula is C11H12ClN5O. The summed E-state index contributed by atoms with van der Waals surface area (Å²) < 4.78 is 1.59. The number of halogens is 1. The zero-order valence-electron chi connectivity index (χ0n) is 9.80. The standard InChI is InChI=1S/C11H12ClN5O/c1-8-14-15-16-17(8)10-4-2-3-9(7-10)13-11(18)5-6-12/h2-4,7H,5-6H2,1H3,(H,13,18). The van der Waals surface area contributed by atoms with Gasteiger partial charge in [-0.25, -0.2) is 0 Å². The first-order valence-corrected chi connectivity index (χ1v) is 5.95. The van der Waals surface area contributed by atoms with Gasteiger partial charge in [0.25, 0.3) is 0 Å². The highest BCUT2D eigenvalue weighted by molar-refractivity contribution is 6.19. The number of carbonyl (C=O) groups is 1. The van der Waals surface area contributed by atoms with Crippen LogP contribution in [0.3, 0.4) is 0 Å². The number of benzene rings is 1. The Morgan fingerprint density at radius 1 is 1.50 bits per heavy atom. The number of tetrazole rings is 1. The van der Waals surface area contributed by atoms with E-state index in [9.17, 15) is 4.79 Å². The van der Waals surface area contributed by atoms with Gasteiger partial charge in [-0.3, -0.25) is 4.79 Å². The van der Waals surface area contributed by atoms with E-state index >= 15 is 0 Å². The maximum atomic E-state index is 11.4. The second kappa shape index (κ2) is 5.59. The number of carbonyl (C=O) groups excluding carboxylic acids is 1. The van der Waals surface area contributed by atoms with Gasteiger partial charge < -0.3 is 5.32 Å². The Hall–Kier alpha value is -1.95. The molecule has 1 aromatic heterocycles. The van der Waals surface area contributed by atoms with E-state index in [1.807, 2.05) is 12.1 Å². The predicted molar refractivity (Wildman–Crippen MR) is 67.9 cm³/mol. The van der Waals surface area contributed by atoms with Crippen LogP contribution in [0.4, 0.5) is 5.69 Å². The average Bonchev–Trinajstić information content (AvgIpc) is 2.76. The number of anilines is 1. The molecule has 1 N–H and O–H groups in total. The van der Waals surface area contributed by atoms with E-state index in [0.717, 1.165) is 5.69 Å². The molecule has 0 atom stereocenters. The van der Waals surface area contributed by atoms with Gasteiger partial charge in [0.05, 0.1) is 5.69 Å². The maximum absolute atomic E-state index is 11.4. The number of hydrogen-bond donors (Lipinski definition) is 1. The van der Waals surface area contributed by atoms with Gasteiger partial charge in [-0.1, -0.05) is 6.07 Å². The molecule has 0 fully saturated rings. The Balaban J connectivity index is 2.20. The second-order valence-corrected chi connectivity index (χ2v) is 4.05. The topological polar surface area (TPSA) is 72.7 Å². The zero-order chi connectivity index (χ0) is 13.0. The van der Waals surface area contributed by atoms with E-state index in [0.29, 0.717) is 17.4 Å². The maximum Gasteiger partial charge on any atom is 0.225 e. The summed E-state index contributed by atoms with van der Waals surface area (Å²) in [6.45, 7) is 1.80. The molecule has 0 spiro atoms. The Morgan fingerprint density at radius 3 is 3.00 bits per heavy atom. The average molecular weight is 266 g/mol. The fourth-order valence-corrected chi connectivity index (χ4v) is 1.67. The second-order valence-electron chi connectivity index (χ2n) is 3.68. The largest absolute Gasteiger partial charge is 0.326 e. The van der Waals surface area contributed by atoms with Crippen molar-refractivity contribution in [3.63, 3.8) is 0 Å². The molecule has 0 unspecified atom stereocenters. The van der Waals surface area contributed by atoms with Crippen LogP contribution in [0.25, 0.3) is 5.69 Å².